The summed E-state index contributed by atoms with van der Waals surface area (Å²) < 4.78 is 5.48. The van der Waals surface area contributed by atoms with Gasteiger partial charge in [-0.05, 0) is 45.6 Å². The Morgan fingerprint density at radius 1 is 1.12 bits per heavy atom. The van der Waals surface area contributed by atoms with Gasteiger partial charge in [-0.2, -0.15) is 0 Å². The van der Waals surface area contributed by atoms with Gasteiger partial charge in [-0.25, -0.2) is 4.79 Å². The van der Waals surface area contributed by atoms with E-state index in [0.29, 0.717) is 13.0 Å². The molecule has 2 heterocycles. The van der Waals surface area contributed by atoms with Crippen LogP contribution in [-0.2, 0) is 16.0 Å². The number of carbonyl (C=O) groups excluding carboxylic acids is 2. The van der Waals surface area contributed by atoms with Crippen LogP contribution in [0.4, 0.5) is 4.79 Å². The lowest BCUT2D eigenvalue weighted by Gasteiger charge is -2.32. The van der Waals surface area contributed by atoms with Gasteiger partial charge >= 0.3 is 6.09 Å². The topological polar surface area (TPSA) is 49.9 Å². The van der Waals surface area contributed by atoms with Crippen molar-refractivity contribution >= 4 is 12.0 Å². The maximum absolute atomic E-state index is 13.3. The molecule has 1 aromatic rings. The van der Waals surface area contributed by atoms with Gasteiger partial charge in [-0.3, -0.25) is 9.69 Å². The Morgan fingerprint density at radius 3 is 2.38 bits per heavy atom. The monoisotopic (exact) mass is 356 g/mol. The molecule has 0 aromatic heterocycles. The molecule has 5 heteroatoms. The summed E-state index contributed by atoms with van der Waals surface area (Å²) >= 11 is 0. The van der Waals surface area contributed by atoms with Crippen LogP contribution >= 0.6 is 0 Å². The Hall–Kier alpha value is -2.30. The number of rotatable bonds is 3. The van der Waals surface area contributed by atoms with Crippen molar-refractivity contribution in [1.82, 2.24) is 9.80 Å². The molecule has 26 heavy (non-hydrogen) atoms. The van der Waals surface area contributed by atoms with E-state index in [0.717, 1.165) is 31.5 Å². The lowest BCUT2D eigenvalue weighted by molar-refractivity contribution is -0.138. The van der Waals surface area contributed by atoms with Crippen molar-refractivity contribution in [3.63, 3.8) is 0 Å². The molecule has 1 atom stereocenters. The average Bonchev–Trinajstić information content (AvgIpc) is 3.24. The predicted octanol–water partition coefficient (Wildman–Crippen LogP) is 3.60. The summed E-state index contributed by atoms with van der Waals surface area (Å²) in [5.74, 6) is 0.112. The number of likely N-dealkylation sites (tertiary alicyclic amines) is 1. The molecule has 140 valence electrons. The first kappa shape index (κ1) is 18.5. The molecule has 2 aliphatic rings. The summed E-state index contributed by atoms with van der Waals surface area (Å²) in [5, 5.41) is 0. The van der Waals surface area contributed by atoms with Crippen LogP contribution in [-0.4, -0.2) is 47.0 Å². The van der Waals surface area contributed by atoms with Crippen LogP contribution in [0.15, 0.2) is 42.6 Å². The van der Waals surface area contributed by atoms with Gasteiger partial charge in [0.15, 0.2) is 0 Å². The predicted molar refractivity (Wildman–Crippen MR) is 100 cm³/mol. The number of hydrogen-bond donors (Lipinski definition) is 0. The highest BCUT2D eigenvalue weighted by atomic mass is 16.6. The SMILES string of the molecule is CC(C)(C)OC(=O)N1C=C[C@](Cc2ccccc2)(C(=O)N2CCCC2)C1. The maximum Gasteiger partial charge on any atom is 0.414 e. The first-order valence-electron chi connectivity index (χ1n) is 9.31. The van der Waals surface area contributed by atoms with E-state index in [-0.39, 0.29) is 5.91 Å². The van der Waals surface area contributed by atoms with E-state index in [1.54, 1.807) is 6.20 Å². The van der Waals surface area contributed by atoms with Crippen LogP contribution in [0.25, 0.3) is 0 Å². The van der Waals surface area contributed by atoms with Crippen LogP contribution in [0, 0.1) is 5.41 Å². The highest BCUT2D eigenvalue weighted by molar-refractivity contribution is 5.87. The number of ether oxygens (including phenoxy) is 1. The largest absolute Gasteiger partial charge is 0.443 e. The van der Waals surface area contributed by atoms with Gasteiger partial charge in [0.25, 0.3) is 0 Å². The Bertz CT molecular complexity index is 687. The molecule has 0 unspecified atom stereocenters. The molecular weight excluding hydrogens is 328 g/mol. The number of benzene rings is 1. The standard InChI is InChI=1S/C21H28N2O3/c1-20(2,3)26-19(25)23-14-11-21(16-23,15-17-9-5-4-6-10-17)18(24)22-12-7-8-13-22/h4-6,9-11,14H,7-8,12-13,15-16H2,1-3H3/t21-/m1/s1. The summed E-state index contributed by atoms with van der Waals surface area (Å²) in [5.41, 5.74) is -0.187. The number of nitrogens with zero attached hydrogens (tertiary/aromatic N) is 2. The van der Waals surface area contributed by atoms with Crippen molar-refractivity contribution in [3.8, 4) is 0 Å². The Kier molecular flexibility index (Phi) is 5.08. The third-order valence-corrected chi connectivity index (χ3v) is 4.84. The third-order valence-electron chi connectivity index (χ3n) is 4.84. The number of carbonyl (C=O) groups is 2. The molecule has 1 fully saturated rings. The summed E-state index contributed by atoms with van der Waals surface area (Å²) in [6.45, 7) is 7.46. The first-order chi connectivity index (χ1) is 12.3. The number of amides is 2. The molecule has 0 radical (unpaired) electrons. The Morgan fingerprint density at radius 2 is 1.77 bits per heavy atom. The summed E-state index contributed by atoms with van der Waals surface area (Å²) in [4.78, 5) is 29.3. The van der Waals surface area contributed by atoms with E-state index in [1.165, 1.54) is 4.90 Å². The van der Waals surface area contributed by atoms with Crippen molar-refractivity contribution in [3.05, 3.63) is 48.2 Å². The fraction of sp³-hybridized carbons (Fsp3) is 0.524. The first-order valence-corrected chi connectivity index (χ1v) is 9.31. The molecule has 2 amide bonds. The molecule has 0 spiro atoms. The van der Waals surface area contributed by atoms with Gasteiger partial charge < -0.3 is 9.64 Å². The van der Waals surface area contributed by atoms with Gasteiger partial charge in [0, 0.05) is 25.8 Å². The second-order valence-corrected chi connectivity index (χ2v) is 8.24. The van der Waals surface area contributed by atoms with Crippen molar-refractivity contribution in [2.75, 3.05) is 19.6 Å². The van der Waals surface area contributed by atoms with Crippen molar-refractivity contribution in [2.24, 2.45) is 5.41 Å². The molecule has 0 saturated carbocycles. The summed E-state index contributed by atoms with van der Waals surface area (Å²) in [6.07, 6.45) is 5.88. The zero-order chi connectivity index (χ0) is 18.8. The average molecular weight is 356 g/mol. The van der Waals surface area contributed by atoms with Gasteiger partial charge in [-0.15, -0.1) is 0 Å². The molecule has 0 aliphatic carbocycles. The molecule has 0 N–H and O–H groups in total. The van der Waals surface area contributed by atoms with E-state index < -0.39 is 17.1 Å². The zero-order valence-electron chi connectivity index (χ0n) is 15.9. The molecule has 1 saturated heterocycles. The minimum Gasteiger partial charge on any atom is -0.443 e. The Labute approximate surface area is 155 Å². The molecule has 2 aliphatic heterocycles. The fourth-order valence-corrected chi connectivity index (χ4v) is 3.61. The van der Waals surface area contributed by atoms with E-state index in [9.17, 15) is 9.59 Å². The molecule has 0 bridgehead atoms. The van der Waals surface area contributed by atoms with Crippen molar-refractivity contribution in [2.45, 2.75) is 45.6 Å². The minimum atomic E-state index is -0.720. The van der Waals surface area contributed by atoms with E-state index in [4.69, 9.17) is 4.74 Å². The lowest BCUT2D eigenvalue weighted by atomic mass is 9.81. The highest BCUT2D eigenvalue weighted by Crippen LogP contribution is 2.35. The van der Waals surface area contributed by atoms with E-state index >= 15 is 0 Å². The molecule has 5 nitrogen and oxygen atoms in total. The Balaban J connectivity index is 1.82. The van der Waals surface area contributed by atoms with Crippen LogP contribution in [0.5, 0.6) is 0 Å². The third kappa shape index (κ3) is 4.09. The highest BCUT2D eigenvalue weighted by Gasteiger charge is 2.45. The van der Waals surface area contributed by atoms with Gasteiger partial charge in [0.2, 0.25) is 5.91 Å². The van der Waals surface area contributed by atoms with Gasteiger partial charge in [0.1, 0.15) is 5.60 Å². The molecule has 3 rings (SSSR count). The maximum atomic E-state index is 13.3. The zero-order valence-corrected chi connectivity index (χ0v) is 15.9. The second-order valence-electron chi connectivity index (χ2n) is 8.24. The fourth-order valence-electron chi connectivity index (χ4n) is 3.61. The number of hydrogen-bond acceptors (Lipinski definition) is 3. The van der Waals surface area contributed by atoms with Crippen LogP contribution < -0.4 is 0 Å². The lowest BCUT2D eigenvalue weighted by Crippen LogP contribution is -2.47. The molecule has 1 aromatic carbocycles. The van der Waals surface area contributed by atoms with E-state index in [1.807, 2.05) is 62.1 Å². The van der Waals surface area contributed by atoms with E-state index in [2.05, 4.69) is 0 Å². The smallest absolute Gasteiger partial charge is 0.414 e. The van der Waals surface area contributed by atoms with Crippen LogP contribution in [0.2, 0.25) is 0 Å². The van der Waals surface area contributed by atoms with Crippen molar-refractivity contribution < 1.29 is 14.3 Å². The normalized spacial score (nSPS) is 22.7. The quantitative estimate of drug-likeness (QED) is 0.831. The van der Waals surface area contributed by atoms with Gasteiger partial charge in [-0.1, -0.05) is 36.4 Å². The minimum absolute atomic E-state index is 0.112. The van der Waals surface area contributed by atoms with Crippen LogP contribution in [0.3, 0.4) is 0 Å². The van der Waals surface area contributed by atoms with Crippen molar-refractivity contribution in [1.29, 1.82) is 0 Å². The summed E-state index contributed by atoms with van der Waals surface area (Å²) in [7, 11) is 0. The second kappa shape index (κ2) is 7.14. The summed E-state index contributed by atoms with van der Waals surface area (Å²) in [6, 6.07) is 9.99. The van der Waals surface area contributed by atoms with Crippen LogP contribution in [0.1, 0.15) is 39.2 Å². The van der Waals surface area contributed by atoms with Gasteiger partial charge in [0.05, 0.1) is 5.41 Å². The molecular formula is C21H28N2O3.